The monoisotopic (exact) mass is 1020 g/mol. The molecule has 293 valence electrons. The van der Waals surface area contributed by atoms with Crippen molar-refractivity contribution in [3.63, 3.8) is 0 Å². The molecule has 0 saturated carbocycles. The number of pyridine rings is 1. The zero-order chi connectivity index (χ0) is 44.1. The van der Waals surface area contributed by atoms with Crippen LogP contribution in [0.4, 0.5) is 0 Å². The molecule has 1 radical (unpaired) electrons. The van der Waals surface area contributed by atoms with Gasteiger partial charge in [0, 0.05) is 30.5 Å². The normalized spacial score (nSPS) is 13.1. The van der Waals surface area contributed by atoms with Gasteiger partial charge in [0.05, 0.1) is 16.9 Å². The molecule has 3 nitrogen and oxygen atoms in total. The third kappa shape index (κ3) is 8.29. The van der Waals surface area contributed by atoms with Crippen molar-refractivity contribution in [3.8, 4) is 39.5 Å². The summed E-state index contributed by atoms with van der Waals surface area (Å²) >= 11 is -0.0985. The van der Waals surface area contributed by atoms with E-state index in [1.165, 1.54) is 58.6 Å². The zero-order valence-electron chi connectivity index (χ0n) is 38.9. The number of benzene rings is 6. The van der Waals surface area contributed by atoms with Crippen LogP contribution in [-0.4, -0.2) is 27.8 Å². The van der Waals surface area contributed by atoms with Crippen molar-refractivity contribution in [2.75, 3.05) is 0 Å². The number of para-hydroxylation sites is 2. The average Bonchev–Trinajstić information content (AvgIpc) is 3.81. The van der Waals surface area contributed by atoms with Gasteiger partial charge in [0.2, 0.25) is 0 Å². The first-order valence-electron chi connectivity index (χ1n) is 22.1. The maximum absolute atomic E-state index is 7.88. The summed E-state index contributed by atoms with van der Waals surface area (Å²) in [6, 6.07) is 48.2. The second kappa shape index (κ2) is 17.3. The molecule has 0 unspecified atom stereocenters. The fourth-order valence-corrected chi connectivity index (χ4v) is 10.7. The molecule has 0 N–H and O–H groups in total. The Morgan fingerprint density at radius 1 is 0.759 bits per heavy atom. The molecule has 0 fully saturated rings. The van der Waals surface area contributed by atoms with Crippen LogP contribution in [0.25, 0.3) is 70.7 Å². The average molecular weight is 1020 g/mol. The molecular formula is C52H49GeIrN3S-2. The van der Waals surface area contributed by atoms with Gasteiger partial charge in [0.1, 0.15) is 0 Å². The number of hydrogen-bond acceptors (Lipinski definition) is 3. The van der Waals surface area contributed by atoms with Crippen LogP contribution in [0.2, 0.25) is 17.3 Å². The molecule has 0 bridgehead atoms. The fraction of sp³-hybridized carbons (Fsp3) is 0.192. The van der Waals surface area contributed by atoms with Gasteiger partial charge in [0.25, 0.3) is 0 Å². The molecule has 9 aromatic rings. The van der Waals surface area contributed by atoms with Gasteiger partial charge in [-0.1, -0.05) is 99.3 Å². The van der Waals surface area contributed by atoms with E-state index >= 15 is 0 Å². The summed E-state index contributed by atoms with van der Waals surface area (Å²) < 4.78 is 44.1. The molecule has 0 atom stereocenters. The molecule has 6 aromatic carbocycles. The van der Waals surface area contributed by atoms with E-state index in [9.17, 15) is 0 Å². The summed E-state index contributed by atoms with van der Waals surface area (Å²) in [6.07, 6.45) is 1.84. The summed E-state index contributed by atoms with van der Waals surface area (Å²) in [5.74, 6) is 8.44. The Labute approximate surface area is 371 Å². The molecule has 0 aliphatic heterocycles. The predicted molar refractivity (Wildman–Crippen MR) is 248 cm³/mol. The Bertz CT molecular complexity index is 3020. The SMILES string of the molecule is CC(C)c1cc(-c2ccccc2)cc(C(C)C)c1-n1c(-c2[c-]ccc3c2sc2ccccc23)nc2ccccc21.[2H]c1[c-]c(-c2cc[c]([Ge]([CH3])([CH3])[CH3])cn2)cc([2H])c1C([2H])([2H])[2H].[Ir]. The van der Waals surface area contributed by atoms with E-state index < -0.39 is 20.1 Å². The zero-order valence-corrected chi connectivity index (χ0v) is 39.2. The van der Waals surface area contributed by atoms with Crippen LogP contribution >= 0.6 is 11.3 Å². The fourth-order valence-electron chi connectivity index (χ4n) is 7.37. The Kier molecular flexibility index (Phi) is 10.5. The number of fused-ring (bicyclic) bond motifs is 4. The van der Waals surface area contributed by atoms with Crippen LogP contribution in [0.1, 0.15) is 63.1 Å². The number of imidazole rings is 1. The van der Waals surface area contributed by atoms with Gasteiger partial charge in [-0.3, -0.25) is 4.98 Å². The largest absolute Gasteiger partial charge is 0 e. The Morgan fingerprint density at radius 2 is 1.47 bits per heavy atom. The minimum Gasteiger partial charge on any atom is 0 e. The minimum atomic E-state index is -2.47. The molecule has 6 heteroatoms. The molecule has 0 aliphatic carbocycles. The van der Waals surface area contributed by atoms with Crippen LogP contribution in [0, 0.1) is 19.0 Å². The van der Waals surface area contributed by atoms with Gasteiger partial charge in [-0.05, 0) is 74.5 Å². The predicted octanol–water partition coefficient (Wildman–Crippen LogP) is 14.2. The summed E-state index contributed by atoms with van der Waals surface area (Å²) in [7, 11) is 0. The number of thiophene rings is 1. The third-order valence-corrected chi connectivity index (χ3v) is 15.9. The van der Waals surface area contributed by atoms with Gasteiger partial charge in [0.15, 0.2) is 0 Å². The molecule has 58 heavy (non-hydrogen) atoms. The van der Waals surface area contributed by atoms with Crippen molar-refractivity contribution in [1.82, 2.24) is 14.5 Å². The van der Waals surface area contributed by atoms with E-state index in [0.29, 0.717) is 23.1 Å². The molecule has 3 aromatic heterocycles. The second-order valence-corrected chi connectivity index (χ2v) is 27.8. The topological polar surface area (TPSA) is 30.7 Å². The first kappa shape index (κ1) is 35.3. The Hall–Kier alpha value is -4.65. The van der Waals surface area contributed by atoms with E-state index in [2.05, 4.69) is 170 Å². The molecular weight excluding hydrogens is 963 g/mol. The number of hydrogen-bond donors (Lipinski definition) is 0. The van der Waals surface area contributed by atoms with E-state index in [0.717, 1.165) is 22.4 Å². The van der Waals surface area contributed by atoms with Crippen LogP contribution in [-0.2, 0) is 20.1 Å². The van der Waals surface area contributed by atoms with Crippen molar-refractivity contribution >= 4 is 60.2 Å². The van der Waals surface area contributed by atoms with E-state index in [1.807, 2.05) is 29.7 Å². The number of rotatable bonds is 7. The van der Waals surface area contributed by atoms with Crippen LogP contribution < -0.4 is 4.40 Å². The molecule has 0 spiro atoms. The van der Waals surface area contributed by atoms with Crippen molar-refractivity contribution in [1.29, 1.82) is 0 Å². The van der Waals surface area contributed by atoms with Crippen LogP contribution in [0.3, 0.4) is 0 Å². The van der Waals surface area contributed by atoms with Crippen molar-refractivity contribution < 1.29 is 27.0 Å². The van der Waals surface area contributed by atoms with E-state index in [4.69, 9.17) is 11.8 Å². The first-order valence-corrected chi connectivity index (χ1v) is 27.7. The minimum absolute atomic E-state index is 0. The Balaban J connectivity index is 0.000000221. The van der Waals surface area contributed by atoms with Gasteiger partial charge in [-0.25, -0.2) is 0 Å². The summed E-state index contributed by atoms with van der Waals surface area (Å²) in [5.41, 5.74) is 10.4. The van der Waals surface area contributed by atoms with Gasteiger partial charge in [-0.15, -0.1) is 18.2 Å². The van der Waals surface area contributed by atoms with Gasteiger partial charge in [-0.2, -0.15) is 11.3 Å². The third-order valence-electron chi connectivity index (χ3n) is 10.5. The summed E-state index contributed by atoms with van der Waals surface area (Å²) in [4.78, 5) is 9.70. The number of aromatic nitrogens is 3. The molecule has 3 heterocycles. The maximum atomic E-state index is 7.88. The summed E-state index contributed by atoms with van der Waals surface area (Å²) in [6.45, 7) is 6.73. The summed E-state index contributed by atoms with van der Waals surface area (Å²) in [5, 5.41) is 2.55. The standard InChI is InChI=1S/C37H31N2S.C15H18GeN.Ir/c1-23(2)30-21-26(25-13-6-5-7-14-25)22-31(24(3)4)35(30)39-33-19-10-9-18-32(33)38-37(39)29-17-12-16-28-27-15-8-11-20-34(27)40-36(28)29;1-12-5-7-13(8-6-12)15-10-9-14(11-17-15)16(2,3)4;/h5-16,18-24H,1-4H3;5-7,9-11H,1-4H3;/q2*-1;/i;1D3,5D,6D;. The van der Waals surface area contributed by atoms with E-state index in [-0.39, 0.29) is 37.8 Å². The van der Waals surface area contributed by atoms with Crippen LogP contribution in [0.15, 0.2) is 140 Å². The number of nitrogens with zero attached hydrogens (tertiary/aromatic N) is 3. The van der Waals surface area contributed by atoms with E-state index in [1.54, 1.807) is 0 Å². The molecule has 0 amide bonds. The first-order chi connectivity index (χ1) is 29.5. The van der Waals surface area contributed by atoms with Crippen molar-refractivity contribution in [2.45, 2.75) is 63.7 Å². The van der Waals surface area contributed by atoms with Crippen molar-refractivity contribution in [2.24, 2.45) is 0 Å². The quantitative estimate of drug-likeness (QED) is 0.118. The molecule has 0 aliphatic rings. The van der Waals surface area contributed by atoms with Crippen LogP contribution in [0.5, 0.6) is 0 Å². The Morgan fingerprint density at radius 3 is 2.14 bits per heavy atom. The second-order valence-electron chi connectivity index (χ2n) is 16.1. The van der Waals surface area contributed by atoms with Crippen molar-refractivity contribution in [3.05, 3.63) is 168 Å². The van der Waals surface area contributed by atoms with Gasteiger partial charge < -0.3 is 4.57 Å². The molecule has 9 rings (SSSR count). The maximum Gasteiger partial charge on any atom is 0 e. The van der Waals surface area contributed by atoms with Gasteiger partial charge >= 0.3 is 113 Å². The smallest absolute Gasteiger partial charge is 0 e. The molecule has 0 saturated heterocycles.